The fraction of sp³-hybridized carbons (Fsp3) is 1.00. The average Bonchev–Trinajstić information content (AvgIpc) is 2.24. The number of rotatable bonds is 11. The Balaban J connectivity index is 3.28. The van der Waals surface area contributed by atoms with Gasteiger partial charge in [-0.2, -0.15) is 0 Å². The van der Waals surface area contributed by atoms with E-state index in [9.17, 15) is 8.78 Å². The van der Waals surface area contributed by atoms with Crippen molar-refractivity contribution >= 4 is 0 Å². The fourth-order valence-corrected chi connectivity index (χ4v) is 0.923. The summed E-state index contributed by atoms with van der Waals surface area (Å²) >= 11 is 0. The van der Waals surface area contributed by atoms with E-state index in [1.165, 1.54) is 0 Å². The third-order valence-corrected chi connectivity index (χ3v) is 1.57. The number of aliphatic hydroxyl groups excluding tert-OH is 1. The molecule has 1 unspecified atom stereocenters. The molecule has 92 valence electrons. The minimum atomic E-state index is -0.941. The van der Waals surface area contributed by atoms with Crippen molar-refractivity contribution in [3.8, 4) is 0 Å². The topological polar surface area (TPSA) is 47.9 Å². The molecule has 0 rings (SSSR count). The first-order valence-electron chi connectivity index (χ1n) is 4.89. The second-order valence-electron chi connectivity index (χ2n) is 2.74. The van der Waals surface area contributed by atoms with Crippen LogP contribution in [0.3, 0.4) is 0 Å². The van der Waals surface area contributed by atoms with Gasteiger partial charge in [0.1, 0.15) is 6.67 Å². The number of ether oxygens (including phenoxy) is 3. The molecule has 0 aromatic heterocycles. The summed E-state index contributed by atoms with van der Waals surface area (Å²) in [5.41, 5.74) is 0. The van der Waals surface area contributed by atoms with E-state index in [0.717, 1.165) is 0 Å². The first kappa shape index (κ1) is 14.7. The summed E-state index contributed by atoms with van der Waals surface area (Å²) in [6.45, 7) is -0.756. The summed E-state index contributed by atoms with van der Waals surface area (Å²) in [6.07, 6.45) is 0.0912. The van der Waals surface area contributed by atoms with Crippen molar-refractivity contribution in [2.24, 2.45) is 0 Å². The molecule has 0 aromatic rings. The van der Waals surface area contributed by atoms with Crippen LogP contribution in [-0.2, 0) is 14.2 Å². The second-order valence-corrected chi connectivity index (χ2v) is 2.74. The monoisotopic (exact) mass is 228 g/mol. The minimum absolute atomic E-state index is 0.0844. The van der Waals surface area contributed by atoms with Crippen molar-refractivity contribution < 1.29 is 28.1 Å². The molecule has 0 amide bonds. The van der Waals surface area contributed by atoms with Crippen LogP contribution in [0.4, 0.5) is 8.78 Å². The highest BCUT2D eigenvalue weighted by atomic mass is 19.1. The quantitative estimate of drug-likeness (QED) is 0.424. The van der Waals surface area contributed by atoms with Crippen LogP contribution in [0.25, 0.3) is 0 Å². The van der Waals surface area contributed by atoms with Gasteiger partial charge in [0.05, 0.1) is 13.2 Å². The summed E-state index contributed by atoms with van der Waals surface area (Å²) in [5.74, 6) is 0. The molecule has 1 N–H and O–H groups in total. The van der Waals surface area contributed by atoms with Gasteiger partial charge < -0.3 is 19.3 Å². The van der Waals surface area contributed by atoms with Crippen LogP contribution in [-0.4, -0.2) is 51.4 Å². The van der Waals surface area contributed by atoms with Crippen LogP contribution in [0.5, 0.6) is 0 Å². The molecule has 0 heterocycles. The molecular weight excluding hydrogens is 210 g/mol. The Labute approximate surface area is 88.1 Å². The van der Waals surface area contributed by atoms with Gasteiger partial charge >= 0.3 is 0 Å². The van der Waals surface area contributed by atoms with Gasteiger partial charge in [-0.3, -0.25) is 0 Å². The van der Waals surface area contributed by atoms with Gasteiger partial charge in [-0.25, -0.2) is 8.78 Å². The van der Waals surface area contributed by atoms with Gasteiger partial charge in [-0.05, 0) is 6.42 Å². The molecule has 1 atom stereocenters. The molecule has 6 heteroatoms. The minimum Gasteiger partial charge on any atom is -0.396 e. The van der Waals surface area contributed by atoms with Crippen LogP contribution < -0.4 is 0 Å². The maximum absolute atomic E-state index is 11.8. The van der Waals surface area contributed by atoms with Crippen LogP contribution in [0.15, 0.2) is 0 Å². The van der Waals surface area contributed by atoms with E-state index in [-0.39, 0.29) is 19.6 Å². The summed E-state index contributed by atoms with van der Waals surface area (Å²) in [4.78, 5) is 0. The van der Waals surface area contributed by atoms with Crippen LogP contribution in [0, 0.1) is 0 Å². The Bertz CT molecular complexity index is 121. The molecule has 0 fully saturated rings. The van der Waals surface area contributed by atoms with Crippen molar-refractivity contribution in [2.75, 3.05) is 40.0 Å². The van der Waals surface area contributed by atoms with Gasteiger partial charge in [-0.15, -0.1) is 0 Å². The number of hydrogen-bond acceptors (Lipinski definition) is 4. The lowest BCUT2D eigenvalue weighted by Gasteiger charge is -2.15. The van der Waals surface area contributed by atoms with Gasteiger partial charge in [0.25, 0.3) is 0 Å². The predicted octanol–water partition coefficient (Wildman–Crippen LogP) is 1.03. The highest BCUT2D eigenvalue weighted by Crippen LogP contribution is 2.01. The maximum atomic E-state index is 11.8. The van der Waals surface area contributed by atoms with Crippen molar-refractivity contribution in [1.29, 1.82) is 0 Å². The Morgan fingerprint density at radius 1 is 1.07 bits per heavy atom. The third-order valence-electron chi connectivity index (χ3n) is 1.57. The van der Waals surface area contributed by atoms with E-state index in [0.29, 0.717) is 19.6 Å². The SMILES string of the molecule is OCCC(OCF)OCCCOCCF. The number of hydrogen-bond donors (Lipinski definition) is 1. The van der Waals surface area contributed by atoms with E-state index >= 15 is 0 Å². The molecule has 0 aliphatic carbocycles. The second kappa shape index (κ2) is 11.8. The van der Waals surface area contributed by atoms with E-state index < -0.39 is 19.8 Å². The molecule has 0 aliphatic heterocycles. The van der Waals surface area contributed by atoms with Crippen molar-refractivity contribution in [3.63, 3.8) is 0 Å². The summed E-state index contributed by atoms with van der Waals surface area (Å²) in [5, 5.41) is 8.59. The molecule has 0 radical (unpaired) electrons. The summed E-state index contributed by atoms with van der Waals surface area (Å²) < 4.78 is 37.9. The first-order chi connectivity index (χ1) is 7.35. The van der Waals surface area contributed by atoms with Crippen LogP contribution >= 0.6 is 0 Å². The smallest absolute Gasteiger partial charge is 0.191 e. The summed E-state index contributed by atoms with van der Waals surface area (Å²) in [7, 11) is 0. The zero-order chi connectivity index (χ0) is 11.4. The van der Waals surface area contributed by atoms with Crippen LogP contribution in [0.1, 0.15) is 12.8 Å². The molecular formula is C9H18F2O4. The highest BCUT2D eigenvalue weighted by Gasteiger charge is 2.07. The zero-order valence-electron chi connectivity index (χ0n) is 8.66. The van der Waals surface area contributed by atoms with Gasteiger partial charge in [-0.1, -0.05) is 0 Å². The molecule has 0 spiro atoms. The molecule has 0 aliphatic rings. The number of alkyl halides is 2. The largest absolute Gasteiger partial charge is 0.396 e. The lowest BCUT2D eigenvalue weighted by molar-refractivity contribution is -0.172. The molecule has 0 saturated carbocycles. The van der Waals surface area contributed by atoms with Gasteiger partial charge in [0.2, 0.25) is 0 Å². The zero-order valence-corrected chi connectivity index (χ0v) is 8.66. The lowest BCUT2D eigenvalue weighted by atomic mass is 10.4. The van der Waals surface area contributed by atoms with Crippen molar-refractivity contribution in [2.45, 2.75) is 19.1 Å². The normalized spacial score (nSPS) is 13.0. The average molecular weight is 228 g/mol. The molecule has 0 aromatic carbocycles. The lowest BCUT2D eigenvalue weighted by Crippen LogP contribution is -2.19. The van der Waals surface area contributed by atoms with Crippen LogP contribution in [0.2, 0.25) is 0 Å². The van der Waals surface area contributed by atoms with E-state index in [1.54, 1.807) is 0 Å². The Hall–Kier alpha value is -0.300. The molecule has 0 bridgehead atoms. The van der Waals surface area contributed by atoms with E-state index in [4.69, 9.17) is 14.6 Å². The number of aliphatic hydroxyl groups is 1. The highest BCUT2D eigenvalue weighted by molar-refractivity contribution is 4.43. The number of halogens is 2. The predicted molar refractivity (Wildman–Crippen MR) is 49.9 cm³/mol. The van der Waals surface area contributed by atoms with Crippen molar-refractivity contribution in [3.05, 3.63) is 0 Å². The third kappa shape index (κ3) is 9.99. The fourth-order valence-electron chi connectivity index (χ4n) is 0.923. The van der Waals surface area contributed by atoms with Crippen molar-refractivity contribution in [1.82, 2.24) is 0 Å². The summed E-state index contributed by atoms with van der Waals surface area (Å²) in [6, 6.07) is 0. The standard InChI is InChI=1S/C9H18F2O4/c10-3-7-13-5-1-6-14-9(2-4-12)15-8-11/h9,12H,1-8H2. The maximum Gasteiger partial charge on any atom is 0.191 e. The molecule has 15 heavy (non-hydrogen) atoms. The van der Waals surface area contributed by atoms with E-state index in [1.807, 2.05) is 0 Å². The molecule has 4 nitrogen and oxygen atoms in total. The van der Waals surface area contributed by atoms with Gasteiger partial charge in [0.15, 0.2) is 13.2 Å². The van der Waals surface area contributed by atoms with E-state index in [2.05, 4.69) is 4.74 Å². The van der Waals surface area contributed by atoms with Gasteiger partial charge in [0, 0.05) is 19.6 Å². The Morgan fingerprint density at radius 2 is 1.87 bits per heavy atom. The molecule has 0 saturated heterocycles. The Morgan fingerprint density at radius 3 is 2.47 bits per heavy atom. The first-order valence-corrected chi connectivity index (χ1v) is 4.89. The Kier molecular flexibility index (Phi) is 11.5.